The van der Waals surface area contributed by atoms with E-state index in [0.717, 1.165) is 43.2 Å². The van der Waals surface area contributed by atoms with Gasteiger partial charge in [-0.3, -0.25) is 0 Å². The summed E-state index contributed by atoms with van der Waals surface area (Å²) in [5.41, 5.74) is 5.82. The topological polar surface area (TPSA) is 74.6 Å². The Morgan fingerprint density at radius 2 is 1.69 bits per heavy atom. The molecule has 0 aliphatic carbocycles. The number of rotatable bonds is 6. The number of ether oxygens (including phenoxy) is 1. The van der Waals surface area contributed by atoms with Gasteiger partial charge < -0.3 is 9.30 Å². The fraction of sp³-hybridized carbons (Fsp3) is 0.100. The zero-order valence-electron chi connectivity index (χ0n) is 19.5. The van der Waals surface area contributed by atoms with Gasteiger partial charge in [0, 0.05) is 17.1 Å². The van der Waals surface area contributed by atoms with Crippen LogP contribution < -0.4 is 0 Å². The van der Waals surface area contributed by atoms with Crippen molar-refractivity contribution in [2.45, 2.75) is 12.7 Å². The molecule has 5 nitrogen and oxygen atoms in total. The van der Waals surface area contributed by atoms with Gasteiger partial charge in [-0.2, -0.15) is 10.5 Å². The lowest BCUT2D eigenvalue weighted by atomic mass is 9.92. The Morgan fingerprint density at radius 3 is 2.44 bits per heavy atom. The smallest absolute Gasteiger partial charge is 0.124 e. The summed E-state index contributed by atoms with van der Waals surface area (Å²) in [5.74, 6) is 0. The standard InChI is InChI=1S/C30H21BrN4O/c1-35-19-34-17-29(35)30(36-18-20-9-10-24(16-33)28(31)13-20)22-11-12-23(15-32)27(14-22)26-8-4-6-21-5-2-3-7-25(21)26/h2-14,17,19,30H,18H2,1H3. The van der Waals surface area contributed by atoms with Crippen molar-refractivity contribution in [1.82, 2.24) is 9.55 Å². The number of nitriles is 2. The van der Waals surface area contributed by atoms with Crippen molar-refractivity contribution in [3.8, 4) is 23.3 Å². The Balaban J connectivity index is 1.58. The second kappa shape index (κ2) is 10.2. The predicted octanol–water partition coefficient (Wildman–Crippen LogP) is 7.05. The number of nitrogens with zero attached hydrogens (tertiary/aromatic N) is 4. The normalized spacial score (nSPS) is 11.7. The van der Waals surface area contributed by atoms with Crippen LogP contribution >= 0.6 is 15.9 Å². The van der Waals surface area contributed by atoms with E-state index in [0.29, 0.717) is 17.7 Å². The molecule has 1 unspecified atom stereocenters. The number of benzene rings is 4. The van der Waals surface area contributed by atoms with E-state index in [1.807, 2.05) is 60.1 Å². The van der Waals surface area contributed by atoms with Gasteiger partial charge in [0.2, 0.25) is 0 Å². The van der Waals surface area contributed by atoms with Crippen LogP contribution in [0.25, 0.3) is 21.9 Å². The maximum atomic E-state index is 9.91. The van der Waals surface area contributed by atoms with Gasteiger partial charge in [-0.25, -0.2) is 4.98 Å². The van der Waals surface area contributed by atoms with Crippen molar-refractivity contribution in [3.05, 3.63) is 124 Å². The summed E-state index contributed by atoms with van der Waals surface area (Å²) < 4.78 is 9.15. The van der Waals surface area contributed by atoms with Crippen LogP contribution in [-0.4, -0.2) is 9.55 Å². The first kappa shape index (κ1) is 23.5. The summed E-state index contributed by atoms with van der Waals surface area (Å²) in [4.78, 5) is 4.30. The van der Waals surface area contributed by atoms with Gasteiger partial charge in [-0.05, 0) is 67.7 Å². The lowest BCUT2D eigenvalue weighted by molar-refractivity contribution is 0.0622. The van der Waals surface area contributed by atoms with Crippen molar-refractivity contribution in [3.63, 3.8) is 0 Å². The zero-order valence-corrected chi connectivity index (χ0v) is 21.1. The summed E-state index contributed by atoms with van der Waals surface area (Å²) in [7, 11) is 1.94. The van der Waals surface area contributed by atoms with Gasteiger partial charge >= 0.3 is 0 Å². The average Bonchev–Trinajstić information content (AvgIpc) is 3.34. The molecule has 174 valence electrons. The number of hydrogen-bond acceptors (Lipinski definition) is 4. The lowest BCUT2D eigenvalue weighted by Gasteiger charge is -2.21. The van der Waals surface area contributed by atoms with E-state index >= 15 is 0 Å². The van der Waals surface area contributed by atoms with Crippen molar-refractivity contribution in [1.29, 1.82) is 10.5 Å². The van der Waals surface area contributed by atoms with Crippen molar-refractivity contribution in [2.24, 2.45) is 7.05 Å². The van der Waals surface area contributed by atoms with E-state index in [1.165, 1.54) is 0 Å². The maximum absolute atomic E-state index is 9.91. The Kier molecular flexibility index (Phi) is 6.64. The Hall–Kier alpha value is -4.23. The van der Waals surface area contributed by atoms with Crippen LogP contribution in [0.15, 0.2) is 95.9 Å². The van der Waals surface area contributed by atoms with E-state index in [9.17, 15) is 10.5 Å². The maximum Gasteiger partial charge on any atom is 0.124 e. The number of aromatic nitrogens is 2. The van der Waals surface area contributed by atoms with Crippen molar-refractivity contribution >= 4 is 26.7 Å². The van der Waals surface area contributed by atoms with Crippen LogP contribution in [0.5, 0.6) is 0 Å². The zero-order chi connectivity index (χ0) is 25.1. The minimum Gasteiger partial charge on any atom is -0.363 e. The monoisotopic (exact) mass is 532 g/mol. The molecule has 5 aromatic rings. The summed E-state index contributed by atoms with van der Waals surface area (Å²) in [6.07, 6.45) is 3.14. The fourth-order valence-electron chi connectivity index (χ4n) is 4.40. The highest BCUT2D eigenvalue weighted by Gasteiger charge is 2.21. The van der Waals surface area contributed by atoms with Crippen LogP contribution in [0.3, 0.4) is 0 Å². The van der Waals surface area contributed by atoms with Crippen LogP contribution in [0.2, 0.25) is 0 Å². The molecular weight excluding hydrogens is 512 g/mol. The van der Waals surface area contributed by atoms with Crippen LogP contribution in [0.1, 0.15) is 34.1 Å². The van der Waals surface area contributed by atoms with Gasteiger partial charge in [0.15, 0.2) is 0 Å². The third kappa shape index (κ3) is 4.53. The minimum atomic E-state index is -0.409. The van der Waals surface area contributed by atoms with Crippen LogP contribution in [0.4, 0.5) is 0 Å². The largest absolute Gasteiger partial charge is 0.363 e. The van der Waals surface area contributed by atoms with Gasteiger partial charge in [0.1, 0.15) is 12.2 Å². The second-order valence-electron chi connectivity index (χ2n) is 8.49. The summed E-state index contributed by atoms with van der Waals surface area (Å²) in [5, 5.41) is 21.3. The molecular formula is C30H21BrN4O. The number of fused-ring (bicyclic) bond motifs is 1. The molecule has 1 aromatic heterocycles. The molecule has 0 aliphatic heterocycles. The first-order chi connectivity index (χ1) is 17.6. The molecule has 1 heterocycles. The molecule has 4 aromatic carbocycles. The highest BCUT2D eigenvalue weighted by molar-refractivity contribution is 9.10. The van der Waals surface area contributed by atoms with Crippen molar-refractivity contribution in [2.75, 3.05) is 0 Å². The van der Waals surface area contributed by atoms with Gasteiger partial charge in [0.25, 0.3) is 0 Å². The molecule has 5 rings (SSSR count). The average molecular weight is 533 g/mol. The summed E-state index contributed by atoms with van der Waals surface area (Å²) in [6, 6.07) is 30.3. The number of imidazole rings is 1. The van der Waals surface area contributed by atoms with E-state index in [1.54, 1.807) is 18.6 Å². The van der Waals surface area contributed by atoms with Crippen molar-refractivity contribution < 1.29 is 4.74 Å². The highest BCUT2D eigenvalue weighted by atomic mass is 79.9. The first-order valence-electron chi connectivity index (χ1n) is 11.4. The molecule has 6 heteroatoms. The molecule has 0 radical (unpaired) electrons. The lowest BCUT2D eigenvalue weighted by Crippen LogP contribution is -2.11. The molecule has 0 saturated heterocycles. The SMILES string of the molecule is Cn1cncc1C(OCc1ccc(C#N)c(Br)c1)c1ccc(C#N)c(-c2cccc3ccccc23)c1. The molecule has 1 atom stereocenters. The van der Waals surface area contributed by atoms with Gasteiger partial charge in [0.05, 0.1) is 42.0 Å². The second-order valence-corrected chi connectivity index (χ2v) is 9.34. The van der Waals surface area contributed by atoms with E-state index in [2.05, 4.69) is 57.3 Å². The molecule has 0 aliphatic rings. The number of hydrogen-bond donors (Lipinski definition) is 0. The third-order valence-corrected chi connectivity index (χ3v) is 6.90. The molecule has 0 fully saturated rings. The van der Waals surface area contributed by atoms with Crippen LogP contribution in [0, 0.1) is 22.7 Å². The van der Waals surface area contributed by atoms with E-state index < -0.39 is 6.10 Å². The number of aryl methyl sites for hydroxylation is 1. The number of halogens is 1. The molecule has 36 heavy (non-hydrogen) atoms. The molecule has 0 amide bonds. The minimum absolute atomic E-state index is 0.337. The molecule has 0 spiro atoms. The third-order valence-electron chi connectivity index (χ3n) is 6.24. The molecule has 0 N–H and O–H groups in total. The Morgan fingerprint density at radius 1 is 0.917 bits per heavy atom. The van der Waals surface area contributed by atoms with Crippen LogP contribution in [-0.2, 0) is 18.4 Å². The van der Waals surface area contributed by atoms with Gasteiger partial charge in [-0.1, -0.05) is 54.6 Å². The van der Waals surface area contributed by atoms with E-state index in [4.69, 9.17) is 4.74 Å². The quantitative estimate of drug-likeness (QED) is 0.234. The predicted molar refractivity (Wildman–Crippen MR) is 143 cm³/mol. The fourth-order valence-corrected chi connectivity index (χ4v) is 4.91. The summed E-state index contributed by atoms with van der Waals surface area (Å²) in [6.45, 7) is 0.337. The van der Waals surface area contributed by atoms with Gasteiger partial charge in [-0.15, -0.1) is 0 Å². The Labute approximate surface area is 218 Å². The Bertz CT molecular complexity index is 1650. The summed E-state index contributed by atoms with van der Waals surface area (Å²) >= 11 is 3.46. The molecule has 0 bridgehead atoms. The first-order valence-corrected chi connectivity index (χ1v) is 12.2. The highest BCUT2D eigenvalue weighted by Crippen LogP contribution is 2.35. The van der Waals surface area contributed by atoms with E-state index in [-0.39, 0.29) is 0 Å². The molecule has 0 saturated carbocycles.